The lowest BCUT2D eigenvalue weighted by Crippen LogP contribution is -2.48. The van der Waals surface area contributed by atoms with Crippen LogP contribution in [0.25, 0.3) is 0 Å². The van der Waals surface area contributed by atoms with E-state index in [1.807, 2.05) is 25.1 Å². The summed E-state index contributed by atoms with van der Waals surface area (Å²) in [5.41, 5.74) is 1.19. The van der Waals surface area contributed by atoms with Gasteiger partial charge in [0.2, 0.25) is 11.8 Å². The van der Waals surface area contributed by atoms with E-state index in [-0.39, 0.29) is 23.9 Å². The lowest BCUT2D eigenvalue weighted by Gasteiger charge is -2.32. The van der Waals surface area contributed by atoms with Crippen LogP contribution >= 0.6 is 0 Å². The molecule has 5 nitrogen and oxygen atoms in total. The highest BCUT2D eigenvalue weighted by atomic mass is 16.2. The second kappa shape index (κ2) is 10.3. The molecule has 1 fully saturated rings. The van der Waals surface area contributed by atoms with Crippen LogP contribution in [-0.4, -0.2) is 48.4 Å². The molecule has 1 aromatic rings. The highest BCUT2D eigenvalue weighted by Crippen LogP contribution is 2.11. The maximum absolute atomic E-state index is 12.1. The standard InChI is InChI=1S/C21H33N3O2/c1-16(2)17(3)22-21(26)15-24-13-11-19(12-14-24)23-20(25)10-9-18-7-5-4-6-8-18/h4-8,16-17,19H,9-15H2,1-3H3,(H,22,26)(H,23,25)/t17-/m1/s1. The number of piperidine rings is 1. The molecule has 1 aliphatic rings. The molecule has 2 amide bonds. The summed E-state index contributed by atoms with van der Waals surface area (Å²) >= 11 is 0. The molecular formula is C21H33N3O2. The van der Waals surface area contributed by atoms with E-state index in [0.717, 1.165) is 32.4 Å². The Morgan fingerprint density at radius 3 is 2.35 bits per heavy atom. The quantitative estimate of drug-likeness (QED) is 0.749. The van der Waals surface area contributed by atoms with Crippen LogP contribution in [-0.2, 0) is 16.0 Å². The Balaban J connectivity index is 1.63. The van der Waals surface area contributed by atoms with Crippen molar-refractivity contribution >= 4 is 11.8 Å². The first kappa shape index (κ1) is 20.4. The number of hydrogen-bond acceptors (Lipinski definition) is 3. The van der Waals surface area contributed by atoms with Gasteiger partial charge in [-0.2, -0.15) is 0 Å². The van der Waals surface area contributed by atoms with Crippen LogP contribution in [0.5, 0.6) is 0 Å². The number of nitrogens with one attached hydrogen (secondary N) is 2. The molecule has 1 saturated heterocycles. The van der Waals surface area contributed by atoms with Crippen molar-refractivity contribution in [3.8, 4) is 0 Å². The number of aryl methyl sites for hydroxylation is 1. The Bertz CT molecular complexity index is 566. The molecule has 1 aliphatic heterocycles. The number of rotatable bonds is 8. The van der Waals surface area contributed by atoms with Crippen LogP contribution in [0.4, 0.5) is 0 Å². The van der Waals surface area contributed by atoms with Crippen LogP contribution in [0.3, 0.4) is 0 Å². The van der Waals surface area contributed by atoms with Crippen LogP contribution in [0.1, 0.15) is 45.6 Å². The average molecular weight is 360 g/mol. The van der Waals surface area contributed by atoms with E-state index in [4.69, 9.17) is 0 Å². The van der Waals surface area contributed by atoms with Gasteiger partial charge < -0.3 is 10.6 Å². The second-order valence-corrected chi connectivity index (χ2v) is 7.70. The van der Waals surface area contributed by atoms with Crippen molar-refractivity contribution in [3.05, 3.63) is 35.9 Å². The maximum atomic E-state index is 12.1. The van der Waals surface area contributed by atoms with Gasteiger partial charge in [0.1, 0.15) is 0 Å². The fourth-order valence-electron chi connectivity index (χ4n) is 3.11. The molecule has 2 rings (SSSR count). The summed E-state index contributed by atoms with van der Waals surface area (Å²) in [4.78, 5) is 26.4. The van der Waals surface area contributed by atoms with E-state index in [0.29, 0.717) is 18.9 Å². The Labute approximate surface area is 157 Å². The molecule has 0 aromatic heterocycles. The van der Waals surface area contributed by atoms with Gasteiger partial charge in [0.05, 0.1) is 6.54 Å². The molecule has 26 heavy (non-hydrogen) atoms. The lowest BCUT2D eigenvalue weighted by molar-refractivity contribution is -0.124. The number of amides is 2. The first-order chi connectivity index (χ1) is 12.4. The minimum absolute atomic E-state index is 0.0940. The van der Waals surface area contributed by atoms with E-state index in [1.54, 1.807) is 0 Å². The summed E-state index contributed by atoms with van der Waals surface area (Å²) in [5.74, 6) is 0.656. The number of nitrogens with zero attached hydrogens (tertiary/aromatic N) is 1. The molecule has 144 valence electrons. The third-order valence-corrected chi connectivity index (χ3v) is 5.19. The minimum Gasteiger partial charge on any atom is -0.353 e. The maximum Gasteiger partial charge on any atom is 0.234 e. The van der Waals surface area contributed by atoms with Crippen molar-refractivity contribution in [1.82, 2.24) is 15.5 Å². The normalized spacial score (nSPS) is 17.1. The first-order valence-electron chi connectivity index (χ1n) is 9.79. The SMILES string of the molecule is CC(C)[C@@H](C)NC(=O)CN1CCC(NC(=O)CCc2ccccc2)CC1. The fraction of sp³-hybridized carbons (Fsp3) is 0.619. The molecule has 1 atom stereocenters. The van der Waals surface area contributed by atoms with E-state index in [9.17, 15) is 9.59 Å². The predicted molar refractivity (Wildman–Crippen MR) is 105 cm³/mol. The summed E-state index contributed by atoms with van der Waals surface area (Å²) in [5, 5.41) is 6.20. The minimum atomic E-state index is 0.0940. The van der Waals surface area contributed by atoms with E-state index in [1.165, 1.54) is 5.56 Å². The highest BCUT2D eigenvalue weighted by Gasteiger charge is 2.22. The molecular weight excluding hydrogens is 326 g/mol. The summed E-state index contributed by atoms with van der Waals surface area (Å²) in [6, 6.07) is 10.5. The summed E-state index contributed by atoms with van der Waals surface area (Å²) in [6.07, 6.45) is 3.12. The largest absolute Gasteiger partial charge is 0.353 e. The van der Waals surface area contributed by atoms with Gasteiger partial charge in [-0.25, -0.2) is 0 Å². The summed E-state index contributed by atoms with van der Waals surface area (Å²) in [6.45, 7) is 8.42. The van der Waals surface area contributed by atoms with E-state index < -0.39 is 0 Å². The van der Waals surface area contributed by atoms with Crippen LogP contribution in [0, 0.1) is 5.92 Å². The van der Waals surface area contributed by atoms with Crippen molar-refractivity contribution in [3.63, 3.8) is 0 Å². The van der Waals surface area contributed by atoms with Crippen molar-refractivity contribution in [2.24, 2.45) is 5.92 Å². The third-order valence-electron chi connectivity index (χ3n) is 5.19. The zero-order valence-corrected chi connectivity index (χ0v) is 16.3. The van der Waals surface area contributed by atoms with Gasteiger partial charge in [0.15, 0.2) is 0 Å². The van der Waals surface area contributed by atoms with Gasteiger partial charge in [0, 0.05) is 31.6 Å². The molecule has 0 spiro atoms. The number of benzene rings is 1. The molecule has 0 aliphatic carbocycles. The second-order valence-electron chi connectivity index (χ2n) is 7.70. The van der Waals surface area contributed by atoms with Crippen LogP contribution < -0.4 is 10.6 Å². The van der Waals surface area contributed by atoms with Crippen molar-refractivity contribution in [2.45, 2.75) is 58.5 Å². The highest BCUT2D eigenvalue weighted by molar-refractivity contribution is 5.78. The summed E-state index contributed by atoms with van der Waals surface area (Å²) in [7, 11) is 0. The van der Waals surface area contributed by atoms with Gasteiger partial charge in [0.25, 0.3) is 0 Å². The van der Waals surface area contributed by atoms with Gasteiger partial charge in [-0.15, -0.1) is 0 Å². The number of hydrogen-bond donors (Lipinski definition) is 2. The molecule has 1 aromatic carbocycles. The number of carbonyl (C=O) groups is 2. The lowest BCUT2D eigenvalue weighted by atomic mass is 10.0. The van der Waals surface area contributed by atoms with Gasteiger partial charge >= 0.3 is 0 Å². The van der Waals surface area contributed by atoms with Crippen molar-refractivity contribution in [1.29, 1.82) is 0 Å². The van der Waals surface area contributed by atoms with Gasteiger partial charge in [-0.1, -0.05) is 44.2 Å². The van der Waals surface area contributed by atoms with Gasteiger partial charge in [-0.05, 0) is 37.7 Å². The molecule has 0 unspecified atom stereocenters. The van der Waals surface area contributed by atoms with Gasteiger partial charge in [-0.3, -0.25) is 14.5 Å². The first-order valence-corrected chi connectivity index (χ1v) is 9.79. The molecule has 0 radical (unpaired) electrons. The molecule has 0 bridgehead atoms. The van der Waals surface area contributed by atoms with Crippen LogP contribution in [0.2, 0.25) is 0 Å². The van der Waals surface area contributed by atoms with E-state index in [2.05, 4.69) is 41.5 Å². The Kier molecular flexibility index (Phi) is 8.10. The van der Waals surface area contributed by atoms with Crippen molar-refractivity contribution in [2.75, 3.05) is 19.6 Å². The third kappa shape index (κ3) is 7.16. The average Bonchev–Trinajstić information content (AvgIpc) is 2.62. The van der Waals surface area contributed by atoms with Crippen LogP contribution in [0.15, 0.2) is 30.3 Å². The Morgan fingerprint density at radius 1 is 1.08 bits per heavy atom. The number of likely N-dealkylation sites (tertiary alicyclic amines) is 1. The monoisotopic (exact) mass is 359 g/mol. The molecule has 1 heterocycles. The summed E-state index contributed by atoms with van der Waals surface area (Å²) < 4.78 is 0. The van der Waals surface area contributed by atoms with Crippen molar-refractivity contribution < 1.29 is 9.59 Å². The predicted octanol–water partition coefficient (Wildman–Crippen LogP) is 2.36. The molecule has 2 N–H and O–H groups in total. The zero-order valence-electron chi connectivity index (χ0n) is 16.3. The van der Waals surface area contributed by atoms with E-state index >= 15 is 0 Å². The molecule has 0 saturated carbocycles. The number of carbonyl (C=O) groups excluding carboxylic acids is 2. The Hall–Kier alpha value is -1.88. The zero-order chi connectivity index (χ0) is 18.9. The Morgan fingerprint density at radius 2 is 1.73 bits per heavy atom. The smallest absolute Gasteiger partial charge is 0.234 e. The topological polar surface area (TPSA) is 61.4 Å². The fourth-order valence-corrected chi connectivity index (χ4v) is 3.11. The molecule has 5 heteroatoms.